The first-order chi connectivity index (χ1) is 20.8. The van der Waals surface area contributed by atoms with E-state index in [0.717, 1.165) is 6.07 Å². The topological polar surface area (TPSA) is 114 Å². The van der Waals surface area contributed by atoms with E-state index in [0.29, 0.717) is 62.6 Å². The van der Waals surface area contributed by atoms with E-state index in [1.807, 2.05) is 4.90 Å². The minimum absolute atomic E-state index is 0.119. The molecule has 1 aliphatic carbocycles. The van der Waals surface area contributed by atoms with Crippen LogP contribution in [0.3, 0.4) is 0 Å². The summed E-state index contributed by atoms with van der Waals surface area (Å²) in [5.41, 5.74) is 0.0248. The molecule has 1 unspecified atom stereocenters. The molecule has 2 fully saturated rings. The Kier molecular flexibility index (Phi) is 10.9. The number of carboxylic acid groups (broad SMARTS) is 1. The fourth-order valence-electron chi connectivity index (χ4n) is 5.52. The Bertz CT molecular complexity index is 1370. The van der Waals surface area contributed by atoms with E-state index in [9.17, 15) is 31.9 Å². The maximum absolute atomic E-state index is 15.1. The highest BCUT2D eigenvalue weighted by atomic mass is 35.5. The molecule has 3 amide bonds. The average molecular weight is 646 g/mol. The van der Waals surface area contributed by atoms with E-state index in [1.54, 1.807) is 11.0 Å². The largest absolute Gasteiger partial charge is 0.465 e. The van der Waals surface area contributed by atoms with Crippen LogP contribution in [0.4, 0.5) is 38.1 Å². The third kappa shape index (κ3) is 8.94. The van der Waals surface area contributed by atoms with Gasteiger partial charge in [-0.2, -0.15) is 13.2 Å². The van der Waals surface area contributed by atoms with Crippen molar-refractivity contribution >= 4 is 40.9 Å². The number of piperazine rings is 1. The number of rotatable bonds is 9. The van der Waals surface area contributed by atoms with Gasteiger partial charge in [-0.05, 0) is 43.5 Å². The van der Waals surface area contributed by atoms with Crippen molar-refractivity contribution in [1.82, 2.24) is 15.5 Å². The highest BCUT2D eigenvalue weighted by molar-refractivity contribution is 6.31. The number of carbonyl (C=O) groups is 3. The first-order valence-electron chi connectivity index (χ1n) is 14.2. The lowest BCUT2D eigenvalue weighted by Gasteiger charge is -2.37. The molecule has 44 heavy (non-hydrogen) atoms. The summed E-state index contributed by atoms with van der Waals surface area (Å²) in [5.74, 6) is -4.50. The second kappa shape index (κ2) is 14.4. The van der Waals surface area contributed by atoms with Gasteiger partial charge in [0.15, 0.2) is 11.6 Å². The number of nitrogens with one attached hydrogen (secondary N) is 3. The van der Waals surface area contributed by atoms with E-state index in [-0.39, 0.29) is 30.4 Å². The van der Waals surface area contributed by atoms with E-state index < -0.39 is 53.6 Å². The van der Waals surface area contributed by atoms with Crippen LogP contribution in [-0.2, 0) is 11.3 Å². The quantitative estimate of drug-likeness (QED) is 0.272. The lowest BCUT2D eigenvalue weighted by atomic mass is 9.85. The summed E-state index contributed by atoms with van der Waals surface area (Å²) >= 11 is 6.17. The summed E-state index contributed by atoms with van der Waals surface area (Å²) in [6.07, 6.45) is -4.24. The lowest BCUT2D eigenvalue weighted by molar-refractivity contribution is -0.138. The van der Waals surface area contributed by atoms with Crippen LogP contribution in [0.1, 0.15) is 48.0 Å². The third-order valence-corrected chi connectivity index (χ3v) is 8.10. The smallest absolute Gasteiger partial charge is 0.404 e. The number of alkyl halides is 3. The molecule has 0 spiro atoms. The van der Waals surface area contributed by atoms with Gasteiger partial charge in [0.25, 0.3) is 5.91 Å². The standard InChI is InChI=1S/C29H33ClF5N5O4/c30-19-5-7-22(23(15-19)40-12-10-39(11-13-40)9-8-29(33,34)35)38-27(42)21-6-4-18(24(31)25(21)32)16-36-26(41)17-2-1-3-20(14-17)37-28(43)44/h4-7,15,17,20,37H,1-3,8-14,16H2,(H,36,41)(H,38,42)(H,43,44)/t17-,20?/m1/s1. The fraction of sp³-hybridized carbons (Fsp3) is 0.483. The van der Waals surface area contributed by atoms with Crippen molar-refractivity contribution in [3.8, 4) is 0 Å². The van der Waals surface area contributed by atoms with E-state index in [2.05, 4.69) is 16.0 Å². The SMILES string of the molecule is O=C(O)NC1CCC[C@@H](C(=O)NCc2ccc(C(=O)Nc3ccc(Cl)cc3N3CCN(CCC(F)(F)F)CC3)c(F)c2F)C1. The van der Waals surface area contributed by atoms with Crippen LogP contribution in [0, 0.1) is 17.6 Å². The maximum Gasteiger partial charge on any atom is 0.404 e. The summed E-state index contributed by atoms with van der Waals surface area (Å²) < 4.78 is 67.8. The molecular formula is C29H33ClF5N5O4. The molecule has 2 aromatic carbocycles. The van der Waals surface area contributed by atoms with Gasteiger partial charge in [-0.15, -0.1) is 0 Å². The lowest BCUT2D eigenvalue weighted by Crippen LogP contribution is -2.47. The molecule has 9 nitrogen and oxygen atoms in total. The van der Waals surface area contributed by atoms with Gasteiger partial charge in [0.05, 0.1) is 23.4 Å². The van der Waals surface area contributed by atoms with Gasteiger partial charge in [0, 0.05) is 61.8 Å². The number of amides is 3. The van der Waals surface area contributed by atoms with Gasteiger partial charge in [0.2, 0.25) is 5.91 Å². The molecule has 0 bridgehead atoms. The molecule has 1 saturated heterocycles. The first kappa shape index (κ1) is 33.2. The molecule has 2 atom stereocenters. The van der Waals surface area contributed by atoms with Crippen LogP contribution in [0.5, 0.6) is 0 Å². The first-order valence-corrected chi connectivity index (χ1v) is 14.6. The molecule has 240 valence electrons. The van der Waals surface area contributed by atoms with Gasteiger partial charge in [-0.25, -0.2) is 13.6 Å². The second-order valence-electron chi connectivity index (χ2n) is 10.9. The van der Waals surface area contributed by atoms with Crippen molar-refractivity contribution in [3.05, 3.63) is 58.1 Å². The minimum atomic E-state index is -4.25. The Morgan fingerprint density at radius 3 is 2.41 bits per heavy atom. The molecule has 4 rings (SSSR count). The van der Waals surface area contributed by atoms with Gasteiger partial charge < -0.3 is 26.0 Å². The number of hydrogen-bond acceptors (Lipinski definition) is 5. The third-order valence-electron chi connectivity index (χ3n) is 7.87. The Morgan fingerprint density at radius 2 is 1.73 bits per heavy atom. The number of hydrogen-bond donors (Lipinski definition) is 4. The zero-order chi connectivity index (χ0) is 32.0. The summed E-state index contributed by atoms with van der Waals surface area (Å²) in [7, 11) is 0. The molecule has 0 aromatic heterocycles. The van der Waals surface area contributed by atoms with Crippen LogP contribution < -0.4 is 20.9 Å². The van der Waals surface area contributed by atoms with E-state index in [1.165, 1.54) is 18.2 Å². The molecule has 1 heterocycles. The predicted molar refractivity (Wildman–Crippen MR) is 154 cm³/mol. The van der Waals surface area contributed by atoms with Gasteiger partial charge in [-0.3, -0.25) is 14.5 Å². The molecule has 1 saturated carbocycles. The summed E-state index contributed by atoms with van der Waals surface area (Å²) in [5, 5.41) is 16.8. The van der Waals surface area contributed by atoms with Crippen molar-refractivity contribution in [2.24, 2.45) is 5.92 Å². The zero-order valence-corrected chi connectivity index (χ0v) is 24.4. The Hall–Kier alpha value is -3.65. The van der Waals surface area contributed by atoms with Crippen molar-refractivity contribution in [2.45, 2.75) is 50.9 Å². The zero-order valence-electron chi connectivity index (χ0n) is 23.7. The molecule has 2 aliphatic rings. The van der Waals surface area contributed by atoms with Crippen molar-refractivity contribution in [3.63, 3.8) is 0 Å². The molecule has 4 N–H and O–H groups in total. The second-order valence-corrected chi connectivity index (χ2v) is 11.4. The van der Waals surface area contributed by atoms with Crippen LogP contribution in [0.25, 0.3) is 0 Å². The van der Waals surface area contributed by atoms with Crippen LogP contribution in [0.2, 0.25) is 5.02 Å². The van der Waals surface area contributed by atoms with E-state index >= 15 is 4.39 Å². The van der Waals surface area contributed by atoms with Crippen LogP contribution >= 0.6 is 11.6 Å². The molecule has 15 heteroatoms. The highest BCUT2D eigenvalue weighted by Gasteiger charge is 2.30. The average Bonchev–Trinajstić information content (AvgIpc) is 2.97. The van der Waals surface area contributed by atoms with Gasteiger partial charge >= 0.3 is 12.3 Å². The van der Waals surface area contributed by atoms with Gasteiger partial charge in [0.1, 0.15) is 0 Å². The Balaban J connectivity index is 1.38. The highest BCUT2D eigenvalue weighted by Crippen LogP contribution is 2.32. The monoisotopic (exact) mass is 645 g/mol. The number of halogens is 6. The number of nitrogens with zero attached hydrogens (tertiary/aromatic N) is 2. The normalized spacial score (nSPS) is 19.4. The molecular weight excluding hydrogens is 613 g/mol. The minimum Gasteiger partial charge on any atom is -0.465 e. The van der Waals surface area contributed by atoms with Crippen molar-refractivity contribution < 1.29 is 41.4 Å². The molecule has 0 radical (unpaired) electrons. The Labute approximate surface area is 255 Å². The van der Waals surface area contributed by atoms with Crippen LogP contribution in [0.15, 0.2) is 30.3 Å². The summed E-state index contributed by atoms with van der Waals surface area (Å²) in [6.45, 7) is 0.993. The Morgan fingerprint density at radius 1 is 1.00 bits per heavy atom. The van der Waals surface area contributed by atoms with Crippen molar-refractivity contribution in [1.29, 1.82) is 0 Å². The summed E-state index contributed by atoms with van der Waals surface area (Å²) in [6, 6.07) is 6.54. The number of carbonyl (C=O) groups excluding carboxylic acids is 2. The molecule has 2 aromatic rings. The number of benzene rings is 2. The summed E-state index contributed by atoms with van der Waals surface area (Å²) in [4.78, 5) is 40.1. The predicted octanol–water partition coefficient (Wildman–Crippen LogP) is 5.39. The molecule has 1 aliphatic heterocycles. The van der Waals surface area contributed by atoms with Crippen LogP contribution in [-0.4, -0.2) is 72.9 Å². The fourth-order valence-corrected chi connectivity index (χ4v) is 5.69. The van der Waals surface area contributed by atoms with Gasteiger partial charge in [-0.1, -0.05) is 24.1 Å². The van der Waals surface area contributed by atoms with Crippen molar-refractivity contribution in [2.75, 3.05) is 42.9 Å². The van der Waals surface area contributed by atoms with E-state index in [4.69, 9.17) is 16.7 Å². The number of anilines is 2. The maximum atomic E-state index is 15.1.